The zero-order chi connectivity index (χ0) is 16.1. The second kappa shape index (κ2) is 8.27. The number of aliphatic hydroxyl groups is 1. The van der Waals surface area contributed by atoms with Gasteiger partial charge in [-0.15, -0.1) is 11.3 Å². The van der Waals surface area contributed by atoms with Gasteiger partial charge in [0.15, 0.2) is 0 Å². The van der Waals surface area contributed by atoms with Crippen molar-refractivity contribution in [3.05, 3.63) is 22.4 Å². The average Bonchev–Trinajstić information content (AvgIpc) is 2.97. The number of carbonyl (C=O) groups excluding carboxylic acids is 1. The van der Waals surface area contributed by atoms with Gasteiger partial charge in [-0.25, -0.2) is 0 Å². The second-order valence-corrected chi connectivity index (χ2v) is 7.85. The monoisotopic (exact) mass is 336 g/mol. The van der Waals surface area contributed by atoms with E-state index in [9.17, 15) is 9.90 Å². The van der Waals surface area contributed by atoms with E-state index in [4.69, 9.17) is 0 Å². The minimum absolute atomic E-state index is 0.123. The highest BCUT2D eigenvalue weighted by Crippen LogP contribution is 2.25. The molecule has 1 aromatic rings. The maximum absolute atomic E-state index is 12.8. The van der Waals surface area contributed by atoms with Crippen molar-refractivity contribution in [1.82, 2.24) is 9.80 Å². The third kappa shape index (κ3) is 4.55. The molecular formula is C18H28N2O2S. The predicted molar refractivity (Wildman–Crippen MR) is 93.5 cm³/mol. The van der Waals surface area contributed by atoms with Gasteiger partial charge < -0.3 is 10.0 Å². The van der Waals surface area contributed by atoms with Crippen LogP contribution in [0.3, 0.4) is 0 Å². The fraction of sp³-hybridized carbons (Fsp3) is 0.722. The number of hydrogen-bond acceptors (Lipinski definition) is 4. The van der Waals surface area contributed by atoms with Crippen LogP contribution in [0.1, 0.15) is 49.5 Å². The molecule has 1 aromatic heterocycles. The molecular weight excluding hydrogens is 308 g/mol. The molecule has 2 aliphatic heterocycles. The normalized spacial score (nSPS) is 25.1. The predicted octanol–water partition coefficient (Wildman–Crippen LogP) is 2.90. The Morgan fingerprint density at radius 1 is 1.22 bits per heavy atom. The number of thiophene rings is 1. The number of likely N-dealkylation sites (tertiary alicyclic amines) is 2. The van der Waals surface area contributed by atoms with Crippen LogP contribution in [0, 0.1) is 5.92 Å². The zero-order valence-corrected chi connectivity index (χ0v) is 14.6. The number of piperidine rings is 1. The lowest BCUT2D eigenvalue weighted by molar-refractivity contribution is -0.137. The zero-order valence-electron chi connectivity index (χ0n) is 13.8. The van der Waals surface area contributed by atoms with Gasteiger partial charge >= 0.3 is 0 Å². The van der Waals surface area contributed by atoms with E-state index in [-0.39, 0.29) is 5.92 Å². The minimum Gasteiger partial charge on any atom is -0.386 e. The fourth-order valence-electron chi connectivity index (χ4n) is 3.79. The molecule has 3 rings (SSSR count). The van der Waals surface area contributed by atoms with Crippen molar-refractivity contribution in [2.24, 2.45) is 5.92 Å². The van der Waals surface area contributed by atoms with Gasteiger partial charge in [0, 0.05) is 31.1 Å². The van der Waals surface area contributed by atoms with Crippen molar-refractivity contribution in [1.29, 1.82) is 0 Å². The maximum atomic E-state index is 12.8. The van der Waals surface area contributed by atoms with Crippen LogP contribution in [0.25, 0.3) is 0 Å². The molecule has 0 bridgehead atoms. The van der Waals surface area contributed by atoms with Gasteiger partial charge in [0.05, 0.1) is 5.92 Å². The molecule has 0 aliphatic carbocycles. The molecule has 3 heterocycles. The SMILES string of the molecule is O=C([C@@H]1CCCN(C[C@@H](O)c2cccs2)C1)N1CCCCCC1. The van der Waals surface area contributed by atoms with Crippen molar-refractivity contribution in [2.45, 2.75) is 44.6 Å². The quantitative estimate of drug-likeness (QED) is 0.919. The highest BCUT2D eigenvalue weighted by atomic mass is 32.1. The van der Waals surface area contributed by atoms with Crippen LogP contribution >= 0.6 is 11.3 Å². The van der Waals surface area contributed by atoms with E-state index in [0.29, 0.717) is 12.5 Å². The van der Waals surface area contributed by atoms with E-state index in [1.165, 1.54) is 12.8 Å². The van der Waals surface area contributed by atoms with Gasteiger partial charge in [0.1, 0.15) is 6.10 Å². The Morgan fingerprint density at radius 2 is 2.00 bits per heavy atom. The maximum Gasteiger partial charge on any atom is 0.226 e. The standard InChI is InChI=1S/C18H28N2O2S/c21-16(17-8-6-12-23-17)14-19-9-5-7-15(13-19)18(22)20-10-3-1-2-4-11-20/h6,8,12,15-16,21H,1-5,7,9-11,13-14H2/t15-,16-/m1/s1. The summed E-state index contributed by atoms with van der Waals surface area (Å²) in [5.41, 5.74) is 0. The lowest BCUT2D eigenvalue weighted by Crippen LogP contribution is -2.46. The molecule has 0 spiro atoms. The summed E-state index contributed by atoms with van der Waals surface area (Å²) in [6.45, 7) is 4.31. The first-order valence-electron chi connectivity index (χ1n) is 8.96. The van der Waals surface area contributed by atoms with Gasteiger partial charge in [0.25, 0.3) is 0 Å². The summed E-state index contributed by atoms with van der Waals surface area (Å²) < 4.78 is 0. The Labute approximate surface area is 143 Å². The molecule has 1 N–H and O–H groups in total. The molecule has 4 nitrogen and oxygen atoms in total. The number of carbonyl (C=O) groups is 1. The van der Waals surface area contributed by atoms with Crippen molar-refractivity contribution in [2.75, 3.05) is 32.7 Å². The molecule has 2 aliphatic rings. The van der Waals surface area contributed by atoms with Gasteiger partial charge in [-0.05, 0) is 43.7 Å². The number of nitrogens with zero attached hydrogens (tertiary/aromatic N) is 2. The minimum atomic E-state index is -0.429. The van der Waals surface area contributed by atoms with Gasteiger partial charge in [-0.3, -0.25) is 9.69 Å². The molecule has 2 fully saturated rings. The van der Waals surface area contributed by atoms with Gasteiger partial charge in [0.2, 0.25) is 5.91 Å². The summed E-state index contributed by atoms with van der Waals surface area (Å²) in [5, 5.41) is 12.3. The Balaban J connectivity index is 1.54. The first-order chi connectivity index (χ1) is 11.2. The smallest absolute Gasteiger partial charge is 0.226 e. The van der Waals surface area contributed by atoms with Crippen molar-refractivity contribution in [3.63, 3.8) is 0 Å². The van der Waals surface area contributed by atoms with Crippen LogP contribution < -0.4 is 0 Å². The Morgan fingerprint density at radius 3 is 2.70 bits per heavy atom. The number of rotatable bonds is 4. The van der Waals surface area contributed by atoms with E-state index in [1.54, 1.807) is 11.3 Å². The summed E-state index contributed by atoms with van der Waals surface area (Å²) in [6.07, 6.45) is 6.45. The van der Waals surface area contributed by atoms with Gasteiger partial charge in [-0.2, -0.15) is 0 Å². The van der Waals surface area contributed by atoms with E-state index < -0.39 is 6.10 Å². The number of β-amino-alcohol motifs (C(OH)–C–C–N with tert-alkyl or cyclic N) is 1. The largest absolute Gasteiger partial charge is 0.386 e. The molecule has 0 saturated carbocycles. The lowest BCUT2D eigenvalue weighted by atomic mass is 9.96. The van der Waals surface area contributed by atoms with Crippen molar-refractivity contribution in [3.8, 4) is 0 Å². The molecule has 0 aromatic carbocycles. The van der Waals surface area contributed by atoms with Crippen LogP contribution in [0.4, 0.5) is 0 Å². The van der Waals surface area contributed by atoms with E-state index in [0.717, 1.165) is 56.7 Å². The molecule has 128 valence electrons. The van der Waals surface area contributed by atoms with E-state index in [1.807, 2.05) is 17.5 Å². The third-order valence-electron chi connectivity index (χ3n) is 5.08. The van der Waals surface area contributed by atoms with Crippen LogP contribution in [-0.2, 0) is 4.79 Å². The molecule has 1 amide bonds. The summed E-state index contributed by atoms with van der Waals surface area (Å²) in [7, 11) is 0. The van der Waals surface area contributed by atoms with Crippen LogP contribution in [0.2, 0.25) is 0 Å². The number of amides is 1. The van der Waals surface area contributed by atoms with Crippen molar-refractivity contribution >= 4 is 17.2 Å². The Kier molecular flexibility index (Phi) is 6.08. The highest BCUT2D eigenvalue weighted by Gasteiger charge is 2.30. The fourth-order valence-corrected chi connectivity index (χ4v) is 4.49. The molecule has 5 heteroatoms. The summed E-state index contributed by atoms with van der Waals surface area (Å²) >= 11 is 1.60. The molecule has 23 heavy (non-hydrogen) atoms. The lowest BCUT2D eigenvalue weighted by Gasteiger charge is -2.35. The van der Waals surface area contributed by atoms with E-state index >= 15 is 0 Å². The van der Waals surface area contributed by atoms with Crippen LogP contribution in [-0.4, -0.2) is 53.5 Å². The average molecular weight is 337 g/mol. The topological polar surface area (TPSA) is 43.8 Å². The molecule has 2 atom stereocenters. The number of hydrogen-bond donors (Lipinski definition) is 1. The Hall–Kier alpha value is -0.910. The number of aliphatic hydroxyl groups excluding tert-OH is 1. The van der Waals surface area contributed by atoms with Crippen LogP contribution in [0.5, 0.6) is 0 Å². The Bertz CT molecular complexity index is 483. The van der Waals surface area contributed by atoms with Gasteiger partial charge in [-0.1, -0.05) is 18.9 Å². The van der Waals surface area contributed by atoms with Crippen LogP contribution in [0.15, 0.2) is 17.5 Å². The first-order valence-corrected chi connectivity index (χ1v) is 9.84. The second-order valence-electron chi connectivity index (χ2n) is 6.87. The molecule has 0 unspecified atom stereocenters. The highest BCUT2D eigenvalue weighted by molar-refractivity contribution is 7.10. The summed E-state index contributed by atoms with van der Waals surface area (Å²) in [4.78, 5) is 18.2. The summed E-state index contributed by atoms with van der Waals surface area (Å²) in [6, 6.07) is 3.96. The van der Waals surface area contributed by atoms with E-state index in [2.05, 4.69) is 9.80 Å². The first kappa shape index (κ1) is 16.9. The summed E-state index contributed by atoms with van der Waals surface area (Å²) in [5.74, 6) is 0.472. The molecule has 0 radical (unpaired) electrons. The third-order valence-corrected chi connectivity index (χ3v) is 6.05. The van der Waals surface area contributed by atoms with Crippen molar-refractivity contribution < 1.29 is 9.90 Å². The molecule has 2 saturated heterocycles.